The van der Waals surface area contributed by atoms with Crippen LogP contribution in [-0.4, -0.2) is 17.1 Å². The van der Waals surface area contributed by atoms with Crippen LogP contribution in [-0.2, 0) is 5.41 Å². The zero-order valence-corrected chi connectivity index (χ0v) is 14.4. The molecule has 2 aromatic rings. The molecule has 2 saturated heterocycles. The lowest BCUT2D eigenvalue weighted by Crippen LogP contribution is -2.49. The third-order valence-corrected chi connectivity index (χ3v) is 5.75. The SMILES string of the molecule is N#CC1(c2cncc(Br)c2)CC2CCC(C1)N2c1ccccc1. The summed E-state index contributed by atoms with van der Waals surface area (Å²) in [5, 5.41) is 9.99. The van der Waals surface area contributed by atoms with E-state index in [1.165, 1.54) is 18.5 Å². The summed E-state index contributed by atoms with van der Waals surface area (Å²) in [5.41, 5.74) is 1.94. The standard InChI is InChI=1S/C19H18BrN3/c20-15-8-14(11-22-12-15)19(13-21)9-17-6-7-18(10-19)23(17)16-4-2-1-3-5-16/h1-5,8,11-12,17-18H,6-7,9-10H2. The minimum Gasteiger partial charge on any atom is -0.365 e. The largest absolute Gasteiger partial charge is 0.365 e. The number of nitrogens with zero attached hydrogens (tertiary/aromatic N) is 3. The number of pyridine rings is 1. The Balaban J connectivity index is 1.70. The maximum atomic E-state index is 9.99. The van der Waals surface area contributed by atoms with Crippen LogP contribution >= 0.6 is 15.9 Å². The van der Waals surface area contributed by atoms with Crippen LogP contribution in [0.1, 0.15) is 31.2 Å². The molecule has 2 bridgehead atoms. The van der Waals surface area contributed by atoms with Crippen LogP contribution in [0.25, 0.3) is 0 Å². The van der Waals surface area contributed by atoms with Gasteiger partial charge in [-0.3, -0.25) is 4.98 Å². The molecular weight excluding hydrogens is 350 g/mol. The molecule has 2 fully saturated rings. The van der Waals surface area contributed by atoms with Crippen molar-refractivity contribution in [1.29, 1.82) is 5.26 Å². The second-order valence-electron chi connectivity index (χ2n) is 6.62. The maximum Gasteiger partial charge on any atom is 0.0876 e. The summed E-state index contributed by atoms with van der Waals surface area (Å²) in [6.45, 7) is 0. The molecule has 2 aliphatic rings. The van der Waals surface area contributed by atoms with Gasteiger partial charge >= 0.3 is 0 Å². The Bertz CT molecular complexity index is 739. The van der Waals surface area contributed by atoms with Gasteiger partial charge in [-0.15, -0.1) is 0 Å². The normalized spacial score (nSPS) is 29.3. The number of fused-ring (bicyclic) bond motifs is 2. The van der Waals surface area contributed by atoms with Crippen LogP contribution in [0.5, 0.6) is 0 Å². The van der Waals surface area contributed by atoms with E-state index in [1.54, 1.807) is 6.20 Å². The molecule has 1 aromatic carbocycles. The lowest BCUT2D eigenvalue weighted by Gasteiger charge is -2.44. The fraction of sp³-hybridized carbons (Fsp3) is 0.368. The summed E-state index contributed by atoms with van der Waals surface area (Å²) in [7, 11) is 0. The van der Waals surface area contributed by atoms with E-state index in [1.807, 2.05) is 6.20 Å². The van der Waals surface area contributed by atoms with Gasteiger partial charge in [-0.2, -0.15) is 5.26 Å². The smallest absolute Gasteiger partial charge is 0.0876 e. The van der Waals surface area contributed by atoms with Gasteiger partial charge in [0.25, 0.3) is 0 Å². The van der Waals surface area contributed by atoms with Gasteiger partial charge in [0.05, 0.1) is 11.5 Å². The maximum absolute atomic E-state index is 9.99. The van der Waals surface area contributed by atoms with Crippen LogP contribution < -0.4 is 4.90 Å². The Hall–Kier alpha value is -1.86. The quantitative estimate of drug-likeness (QED) is 0.787. The van der Waals surface area contributed by atoms with Crippen molar-refractivity contribution in [3.8, 4) is 6.07 Å². The van der Waals surface area contributed by atoms with E-state index < -0.39 is 5.41 Å². The predicted octanol–water partition coefficient (Wildman–Crippen LogP) is 4.44. The Morgan fingerprint density at radius 3 is 2.43 bits per heavy atom. The molecule has 0 N–H and O–H groups in total. The van der Waals surface area contributed by atoms with Crippen LogP contribution in [0, 0.1) is 11.3 Å². The predicted molar refractivity (Wildman–Crippen MR) is 94.2 cm³/mol. The van der Waals surface area contributed by atoms with Crippen molar-refractivity contribution in [3.05, 3.63) is 58.8 Å². The number of hydrogen-bond donors (Lipinski definition) is 0. The first-order valence-electron chi connectivity index (χ1n) is 8.07. The van der Waals surface area contributed by atoms with Gasteiger partial charge < -0.3 is 4.90 Å². The zero-order chi connectivity index (χ0) is 15.9. The number of rotatable bonds is 2. The van der Waals surface area contributed by atoms with Gasteiger partial charge in [-0.1, -0.05) is 18.2 Å². The van der Waals surface area contributed by atoms with Crippen molar-refractivity contribution >= 4 is 21.6 Å². The average molecular weight is 368 g/mol. The molecule has 2 atom stereocenters. The molecule has 0 radical (unpaired) electrons. The van der Waals surface area contributed by atoms with Crippen LogP contribution in [0.3, 0.4) is 0 Å². The van der Waals surface area contributed by atoms with Crippen molar-refractivity contribution in [3.63, 3.8) is 0 Å². The van der Waals surface area contributed by atoms with Gasteiger partial charge in [0, 0.05) is 34.6 Å². The van der Waals surface area contributed by atoms with Crippen LogP contribution in [0.15, 0.2) is 53.3 Å². The Morgan fingerprint density at radius 2 is 1.83 bits per heavy atom. The Morgan fingerprint density at radius 1 is 1.13 bits per heavy atom. The Kier molecular flexibility index (Phi) is 3.61. The molecule has 3 nitrogen and oxygen atoms in total. The molecule has 4 heteroatoms. The first-order chi connectivity index (χ1) is 11.2. The summed E-state index contributed by atoms with van der Waals surface area (Å²) >= 11 is 3.49. The zero-order valence-electron chi connectivity index (χ0n) is 12.8. The van der Waals surface area contributed by atoms with E-state index in [9.17, 15) is 5.26 Å². The van der Waals surface area contributed by atoms with Crippen molar-refractivity contribution < 1.29 is 0 Å². The van der Waals surface area contributed by atoms with Crippen LogP contribution in [0.4, 0.5) is 5.69 Å². The molecule has 0 amide bonds. The number of benzene rings is 1. The van der Waals surface area contributed by atoms with E-state index >= 15 is 0 Å². The minimum atomic E-state index is -0.409. The third-order valence-electron chi connectivity index (χ3n) is 5.31. The molecule has 0 saturated carbocycles. The first kappa shape index (κ1) is 14.7. The van der Waals surface area contributed by atoms with E-state index in [4.69, 9.17) is 0 Å². The number of anilines is 1. The van der Waals surface area contributed by atoms with E-state index in [0.717, 1.165) is 22.9 Å². The molecule has 23 heavy (non-hydrogen) atoms. The summed E-state index contributed by atoms with van der Waals surface area (Å²) < 4.78 is 0.947. The molecular formula is C19H18BrN3. The Labute approximate surface area is 145 Å². The molecule has 4 rings (SSSR count). The van der Waals surface area contributed by atoms with Crippen molar-refractivity contribution in [2.24, 2.45) is 0 Å². The van der Waals surface area contributed by atoms with Gasteiger partial charge in [0.1, 0.15) is 0 Å². The van der Waals surface area contributed by atoms with Crippen molar-refractivity contribution in [2.45, 2.75) is 43.2 Å². The summed E-state index contributed by atoms with van der Waals surface area (Å²) in [4.78, 5) is 6.83. The van der Waals surface area contributed by atoms with Crippen molar-refractivity contribution in [2.75, 3.05) is 4.90 Å². The number of nitriles is 1. The molecule has 0 spiro atoms. The summed E-state index contributed by atoms with van der Waals surface area (Å²) in [6.07, 6.45) is 7.75. The molecule has 0 aliphatic carbocycles. The molecule has 2 aliphatic heterocycles. The highest BCUT2D eigenvalue weighted by Gasteiger charge is 2.49. The second kappa shape index (κ2) is 5.65. The number of piperidine rings is 1. The molecule has 3 heterocycles. The summed E-state index contributed by atoms with van der Waals surface area (Å²) in [6, 6.07) is 16.2. The fourth-order valence-corrected chi connectivity index (χ4v) is 4.70. The highest BCUT2D eigenvalue weighted by atomic mass is 79.9. The van der Waals surface area contributed by atoms with Gasteiger partial charge in [-0.05, 0) is 65.4 Å². The fourth-order valence-electron chi connectivity index (χ4n) is 4.34. The minimum absolute atomic E-state index is 0.409. The van der Waals surface area contributed by atoms with E-state index in [0.29, 0.717) is 12.1 Å². The number of aromatic nitrogens is 1. The van der Waals surface area contributed by atoms with E-state index in [-0.39, 0.29) is 0 Å². The van der Waals surface area contributed by atoms with Gasteiger partial charge in [-0.25, -0.2) is 0 Å². The number of para-hydroxylation sites is 1. The first-order valence-corrected chi connectivity index (χ1v) is 8.87. The van der Waals surface area contributed by atoms with E-state index in [2.05, 4.69) is 68.3 Å². The number of hydrogen-bond acceptors (Lipinski definition) is 3. The monoisotopic (exact) mass is 367 g/mol. The molecule has 116 valence electrons. The lowest BCUT2D eigenvalue weighted by atomic mass is 9.71. The average Bonchev–Trinajstić information content (AvgIpc) is 2.86. The van der Waals surface area contributed by atoms with Crippen molar-refractivity contribution in [1.82, 2.24) is 4.98 Å². The molecule has 2 unspecified atom stereocenters. The topological polar surface area (TPSA) is 39.9 Å². The second-order valence-corrected chi connectivity index (χ2v) is 7.54. The lowest BCUT2D eigenvalue weighted by molar-refractivity contribution is 0.345. The summed E-state index contributed by atoms with van der Waals surface area (Å²) in [5.74, 6) is 0. The third kappa shape index (κ3) is 2.44. The number of halogens is 1. The van der Waals surface area contributed by atoms with Gasteiger partial charge in [0.15, 0.2) is 0 Å². The highest BCUT2D eigenvalue weighted by molar-refractivity contribution is 9.10. The van der Waals surface area contributed by atoms with Gasteiger partial charge in [0.2, 0.25) is 0 Å². The van der Waals surface area contributed by atoms with Crippen LogP contribution in [0.2, 0.25) is 0 Å². The highest BCUT2D eigenvalue weighted by Crippen LogP contribution is 2.48. The molecule has 1 aromatic heterocycles.